The summed E-state index contributed by atoms with van der Waals surface area (Å²) in [4.78, 5) is 13.3. The minimum atomic E-state index is -0.115. The van der Waals surface area contributed by atoms with Gasteiger partial charge in [0.1, 0.15) is 18.1 Å². The third kappa shape index (κ3) is 3.37. The van der Waals surface area contributed by atoms with Crippen molar-refractivity contribution >= 4 is 11.7 Å². The number of likely N-dealkylation sites (tertiary alicyclic amines) is 1. The molecule has 22 heavy (non-hydrogen) atoms. The standard InChI is InChI=1S/C15H20N4O3/c1-11(21)16-15-5-7-19(17-15)12-4-6-18(8-12)9-13-2-3-14(10-20)22-13/h2-3,5,7,12,20H,4,6,8-10H2,1H3,(H,16,17,21)/t12-/m1/s1. The zero-order valence-corrected chi connectivity index (χ0v) is 12.5. The van der Waals surface area contributed by atoms with E-state index in [1.165, 1.54) is 6.92 Å². The number of hydrogen-bond acceptors (Lipinski definition) is 5. The van der Waals surface area contributed by atoms with Crippen LogP contribution in [0.2, 0.25) is 0 Å². The van der Waals surface area contributed by atoms with Crippen LogP contribution in [0.3, 0.4) is 0 Å². The lowest BCUT2D eigenvalue weighted by Gasteiger charge is -2.14. The van der Waals surface area contributed by atoms with E-state index in [1.54, 1.807) is 6.07 Å². The highest BCUT2D eigenvalue weighted by molar-refractivity contribution is 5.87. The van der Waals surface area contributed by atoms with Crippen molar-refractivity contribution in [2.75, 3.05) is 18.4 Å². The molecule has 2 N–H and O–H groups in total. The van der Waals surface area contributed by atoms with Gasteiger partial charge in [0.25, 0.3) is 0 Å². The first-order chi connectivity index (χ1) is 10.6. The molecule has 3 rings (SSSR count). The molecule has 1 saturated heterocycles. The molecular formula is C15H20N4O3. The molecule has 1 fully saturated rings. The van der Waals surface area contributed by atoms with Gasteiger partial charge in [0.15, 0.2) is 5.82 Å². The Balaban J connectivity index is 1.57. The molecule has 0 bridgehead atoms. The molecule has 7 heteroatoms. The summed E-state index contributed by atoms with van der Waals surface area (Å²) in [5.74, 6) is 1.93. The van der Waals surface area contributed by atoms with E-state index in [4.69, 9.17) is 9.52 Å². The molecule has 2 aromatic rings. The van der Waals surface area contributed by atoms with Crippen molar-refractivity contribution in [3.8, 4) is 0 Å². The molecule has 1 aliphatic rings. The lowest BCUT2D eigenvalue weighted by molar-refractivity contribution is -0.114. The monoisotopic (exact) mass is 304 g/mol. The number of aromatic nitrogens is 2. The second kappa shape index (κ2) is 6.33. The van der Waals surface area contributed by atoms with E-state index >= 15 is 0 Å². The quantitative estimate of drug-likeness (QED) is 0.872. The molecule has 0 aliphatic carbocycles. The van der Waals surface area contributed by atoms with E-state index in [-0.39, 0.29) is 12.5 Å². The summed E-state index contributed by atoms with van der Waals surface area (Å²) in [5.41, 5.74) is 0. The molecule has 0 unspecified atom stereocenters. The van der Waals surface area contributed by atoms with Crippen LogP contribution in [-0.2, 0) is 17.9 Å². The Kier molecular flexibility index (Phi) is 4.26. The summed E-state index contributed by atoms with van der Waals surface area (Å²) in [6.45, 7) is 3.99. The Morgan fingerprint density at radius 1 is 1.45 bits per heavy atom. The zero-order chi connectivity index (χ0) is 15.5. The maximum absolute atomic E-state index is 11.0. The van der Waals surface area contributed by atoms with Crippen LogP contribution in [0, 0.1) is 0 Å². The lowest BCUT2D eigenvalue weighted by Crippen LogP contribution is -2.21. The van der Waals surface area contributed by atoms with Crippen molar-refractivity contribution in [3.05, 3.63) is 35.9 Å². The Morgan fingerprint density at radius 2 is 2.27 bits per heavy atom. The molecule has 1 aliphatic heterocycles. The molecular weight excluding hydrogens is 284 g/mol. The zero-order valence-electron chi connectivity index (χ0n) is 12.5. The van der Waals surface area contributed by atoms with Crippen molar-refractivity contribution in [2.24, 2.45) is 0 Å². The summed E-state index contributed by atoms with van der Waals surface area (Å²) in [6.07, 6.45) is 2.91. The maximum Gasteiger partial charge on any atom is 0.222 e. The number of aliphatic hydroxyl groups excluding tert-OH is 1. The van der Waals surface area contributed by atoms with Gasteiger partial charge in [-0.25, -0.2) is 0 Å². The van der Waals surface area contributed by atoms with Crippen molar-refractivity contribution < 1.29 is 14.3 Å². The molecule has 2 aromatic heterocycles. The van der Waals surface area contributed by atoms with Gasteiger partial charge in [-0.15, -0.1) is 0 Å². The first-order valence-electron chi connectivity index (χ1n) is 7.37. The van der Waals surface area contributed by atoms with E-state index in [1.807, 2.05) is 23.0 Å². The van der Waals surface area contributed by atoms with Crippen LogP contribution in [0.5, 0.6) is 0 Å². The molecule has 0 saturated carbocycles. The summed E-state index contributed by atoms with van der Waals surface area (Å²) in [6, 6.07) is 5.82. The number of hydrogen-bond donors (Lipinski definition) is 2. The lowest BCUT2D eigenvalue weighted by atomic mass is 10.3. The summed E-state index contributed by atoms with van der Waals surface area (Å²) >= 11 is 0. The summed E-state index contributed by atoms with van der Waals surface area (Å²) in [5, 5.41) is 16.1. The third-order valence-electron chi connectivity index (χ3n) is 3.79. The highest BCUT2D eigenvalue weighted by Gasteiger charge is 2.25. The van der Waals surface area contributed by atoms with Crippen molar-refractivity contribution in [1.82, 2.24) is 14.7 Å². The molecule has 0 radical (unpaired) electrons. The maximum atomic E-state index is 11.0. The van der Waals surface area contributed by atoms with E-state index < -0.39 is 0 Å². The second-order valence-electron chi connectivity index (χ2n) is 5.57. The Hall–Kier alpha value is -2.12. The Morgan fingerprint density at radius 3 is 3.00 bits per heavy atom. The average Bonchev–Trinajstić information content (AvgIpc) is 3.18. The van der Waals surface area contributed by atoms with Crippen molar-refractivity contribution in [2.45, 2.75) is 32.5 Å². The van der Waals surface area contributed by atoms with Gasteiger partial charge in [0.05, 0.1) is 12.6 Å². The molecule has 118 valence electrons. The van der Waals surface area contributed by atoms with Crippen LogP contribution in [-0.4, -0.2) is 38.8 Å². The topological polar surface area (TPSA) is 83.5 Å². The number of carbonyl (C=O) groups excluding carboxylic acids is 1. The van der Waals surface area contributed by atoms with Gasteiger partial charge in [0.2, 0.25) is 5.91 Å². The first kappa shape index (κ1) is 14.8. The van der Waals surface area contributed by atoms with E-state index in [9.17, 15) is 4.79 Å². The third-order valence-corrected chi connectivity index (χ3v) is 3.79. The van der Waals surface area contributed by atoms with E-state index in [0.29, 0.717) is 17.6 Å². The Labute approximate surface area is 128 Å². The minimum absolute atomic E-state index is 0.0676. The van der Waals surface area contributed by atoms with Gasteiger partial charge in [-0.2, -0.15) is 5.10 Å². The molecule has 7 nitrogen and oxygen atoms in total. The highest BCUT2D eigenvalue weighted by Crippen LogP contribution is 2.24. The molecule has 0 aromatic carbocycles. The molecule has 0 spiro atoms. The minimum Gasteiger partial charge on any atom is -0.462 e. The van der Waals surface area contributed by atoms with Gasteiger partial charge in [-0.3, -0.25) is 14.4 Å². The SMILES string of the molecule is CC(=O)Nc1ccn([C@@H]2CCN(Cc3ccc(CO)o3)C2)n1. The highest BCUT2D eigenvalue weighted by atomic mass is 16.4. The van der Waals surface area contributed by atoms with Gasteiger partial charge < -0.3 is 14.8 Å². The van der Waals surface area contributed by atoms with E-state index in [2.05, 4.69) is 15.3 Å². The fourth-order valence-electron chi connectivity index (χ4n) is 2.77. The number of carbonyl (C=O) groups is 1. The number of furan rings is 1. The van der Waals surface area contributed by atoms with Crippen LogP contribution < -0.4 is 5.32 Å². The smallest absolute Gasteiger partial charge is 0.222 e. The predicted octanol–water partition coefficient (Wildman–Crippen LogP) is 1.37. The first-order valence-corrected chi connectivity index (χ1v) is 7.37. The number of rotatable bonds is 5. The van der Waals surface area contributed by atoms with Gasteiger partial charge in [-0.05, 0) is 18.6 Å². The number of aliphatic hydroxyl groups is 1. The van der Waals surface area contributed by atoms with Crippen molar-refractivity contribution in [1.29, 1.82) is 0 Å². The second-order valence-corrected chi connectivity index (χ2v) is 5.57. The van der Waals surface area contributed by atoms with Gasteiger partial charge >= 0.3 is 0 Å². The number of nitrogens with zero attached hydrogens (tertiary/aromatic N) is 3. The fourth-order valence-corrected chi connectivity index (χ4v) is 2.77. The number of anilines is 1. The van der Waals surface area contributed by atoms with Gasteiger partial charge in [-0.1, -0.05) is 0 Å². The fraction of sp³-hybridized carbons (Fsp3) is 0.467. The summed E-state index contributed by atoms with van der Waals surface area (Å²) in [7, 11) is 0. The van der Waals surface area contributed by atoms with Gasteiger partial charge in [0, 0.05) is 32.3 Å². The van der Waals surface area contributed by atoms with Crippen molar-refractivity contribution in [3.63, 3.8) is 0 Å². The molecule has 1 atom stereocenters. The largest absolute Gasteiger partial charge is 0.462 e. The van der Waals surface area contributed by atoms with E-state index in [0.717, 1.165) is 31.8 Å². The predicted molar refractivity (Wildman–Crippen MR) is 80.1 cm³/mol. The molecule has 3 heterocycles. The van der Waals surface area contributed by atoms with Crippen LogP contribution in [0.1, 0.15) is 30.9 Å². The number of nitrogens with one attached hydrogen (secondary N) is 1. The average molecular weight is 304 g/mol. The van der Waals surface area contributed by atoms with Crippen LogP contribution in [0.15, 0.2) is 28.8 Å². The Bertz CT molecular complexity index is 649. The number of amides is 1. The summed E-state index contributed by atoms with van der Waals surface area (Å²) < 4.78 is 7.43. The van der Waals surface area contributed by atoms with Crippen LogP contribution in [0.25, 0.3) is 0 Å². The normalized spacial score (nSPS) is 18.7. The molecule has 1 amide bonds. The van der Waals surface area contributed by atoms with Crippen LogP contribution in [0.4, 0.5) is 5.82 Å². The van der Waals surface area contributed by atoms with Crippen LogP contribution >= 0.6 is 0 Å².